The maximum Gasteiger partial charge on any atom is 0.119 e. The molecule has 1 aromatic rings. The van der Waals surface area contributed by atoms with Crippen LogP contribution in [0.4, 0.5) is 0 Å². The van der Waals surface area contributed by atoms with E-state index in [9.17, 15) is 5.11 Å². The molecule has 0 bridgehead atoms. The topological polar surface area (TPSA) is 41.5 Å². The molecule has 0 radical (unpaired) electrons. The number of halogens is 1. The molecule has 0 spiro atoms. The molecule has 0 amide bonds. The van der Waals surface area contributed by atoms with E-state index in [1.165, 1.54) is 0 Å². The van der Waals surface area contributed by atoms with Gasteiger partial charge in [0.15, 0.2) is 0 Å². The van der Waals surface area contributed by atoms with Gasteiger partial charge in [-0.05, 0) is 37.1 Å². The third-order valence-electron chi connectivity index (χ3n) is 3.35. The zero-order valence-electron chi connectivity index (χ0n) is 10.5. The smallest absolute Gasteiger partial charge is 0.119 e. The van der Waals surface area contributed by atoms with Crippen LogP contribution in [0.5, 0.6) is 5.75 Å². The van der Waals surface area contributed by atoms with Gasteiger partial charge in [-0.1, -0.05) is 28.8 Å². The Morgan fingerprint density at radius 1 is 1.22 bits per heavy atom. The lowest BCUT2D eigenvalue weighted by atomic mass is 10.0. The fourth-order valence-electron chi connectivity index (χ4n) is 2.30. The molecule has 0 unspecified atom stereocenters. The fourth-order valence-corrected chi connectivity index (χ4v) is 2.57. The molecule has 0 saturated heterocycles. The van der Waals surface area contributed by atoms with Crippen molar-refractivity contribution in [1.82, 2.24) is 5.32 Å². The molecule has 100 valence electrons. The molecule has 2 rings (SSSR count). The van der Waals surface area contributed by atoms with E-state index < -0.39 is 5.60 Å². The number of ether oxygens (including phenoxy) is 1. The number of nitrogens with one attached hydrogen (secondary N) is 1. The Labute approximate surface area is 117 Å². The van der Waals surface area contributed by atoms with Crippen molar-refractivity contribution >= 4 is 15.9 Å². The Morgan fingerprint density at radius 3 is 2.56 bits per heavy atom. The van der Waals surface area contributed by atoms with Gasteiger partial charge in [-0.25, -0.2) is 0 Å². The first-order chi connectivity index (χ1) is 8.68. The molecule has 0 aromatic heterocycles. The summed E-state index contributed by atoms with van der Waals surface area (Å²) in [6.45, 7) is 2.06. The van der Waals surface area contributed by atoms with Gasteiger partial charge in [0, 0.05) is 17.6 Å². The van der Waals surface area contributed by atoms with E-state index in [0.29, 0.717) is 13.2 Å². The lowest BCUT2D eigenvalue weighted by Crippen LogP contribution is -2.39. The second kappa shape index (κ2) is 6.55. The van der Waals surface area contributed by atoms with Gasteiger partial charge >= 0.3 is 0 Å². The molecule has 2 N–H and O–H groups in total. The number of hydrogen-bond donors (Lipinski definition) is 2. The molecule has 3 nitrogen and oxygen atoms in total. The second-order valence-electron chi connectivity index (χ2n) is 4.91. The highest BCUT2D eigenvalue weighted by molar-refractivity contribution is 9.10. The van der Waals surface area contributed by atoms with Crippen LogP contribution in [-0.2, 0) is 0 Å². The van der Waals surface area contributed by atoms with Crippen molar-refractivity contribution in [1.29, 1.82) is 0 Å². The summed E-state index contributed by atoms with van der Waals surface area (Å²) < 4.78 is 6.65. The molecular weight excluding hydrogens is 294 g/mol. The minimum absolute atomic E-state index is 0.475. The normalized spacial score (nSPS) is 17.9. The lowest BCUT2D eigenvalue weighted by Gasteiger charge is -2.22. The van der Waals surface area contributed by atoms with Gasteiger partial charge in [-0.3, -0.25) is 0 Å². The SMILES string of the molecule is OC1(CNCCOc2ccc(Br)cc2)CCCC1. The van der Waals surface area contributed by atoms with Crippen molar-refractivity contribution in [3.63, 3.8) is 0 Å². The van der Waals surface area contributed by atoms with Crippen LogP contribution in [0.3, 0.4) is 0 Å². The summed E-state index contributed by atoms with van der Waals surface area (Å²) in [6, 6.07) is 7.80. The molecule has 0 atom stereocenters. The summed E-state index contributed by atoms with van der Waals surface area (Å²) in [4.78, 5) is 0. The van der Waals surface area contributed by atoms with Crippen LogP contribution in [0.25, 0.3) is 0 Å². The average molecular weight is 314 g/mol. The van der Waals surface area contributed by atoms with Crippen LogP contribution < -0.4 is 10.1 Å². The van der Waals surface area contributed by atoms with Crippen LogP contribution in [0, 0.1) is 0 Å². The number of benzene rings is 1. The van der Waals surface area contributed by atoms with Gasteiger partial charge in [0.25, 0.3) is 0 Å². The summed E-state index contributed by atoms with van der Waals surface area (Å²) in [6.07, 6.45) is 4.14. The number of rotatable bonds is 6. The quantitative estimate of drug-likeness (QED) is 0.793. The largest absolute Gasteiger partial charge is 0.492 e. The van der Waals surface area contributed by atoms with Crippen LogP contribution in [-0.4, -0.2) is 30.4 Å². The molecule has 1 fully saturated rings. The van der Waals surface area contributed by atoms with Gasteiger partial charge in [0.2, 0.25) is 0 Å². The molecule has 1 aromatic carbocycles. The first-order valence-corrected chi connectivity index (χ1v) is 7.29. The first kappa shape index (κ1) is 13.8. The van der Waals surface area contributed by atoms with E-state index in [0.717, 1.165) is 42.5 Å². The van der Waals surface area contributed by atoms with Gasteiger partial charge < -0.3 is 15.2 Å². The van der Waals surface area contributed by atoms with Crippen molar-refractivity contribution in [3.05, 3.63) is 28.7 Å². The van der Waals surface area contributed by atoms with E-state index in [-0.39, 0.29) is 0 Å². The van der Waals surface area contributed by atoms with Crippen molar-refractivity contribution in [2.45, 2.75) is 31.3 Å². The van der Waals surface area contributed by atoms with Crippen molar-refractivity contribution in [2.24, 2.45) is 0 Å². The van der Waals surface area contributed by atoms with E-state index in [2.05, 4.69) is 21.2 Å². The average Bonchev–Trinajstić information content (AvgIpc) is 2.78. The minimum Gasteiger partial charge on any atom is -0.492 e. The molecule has 18 heavy (non-hydrogen) atoms. The highest BCUT2D eigenvalue weighted by Gasteiger charge is 2.30. The maximum atomic E-state index is 10.1. The Kier molecular flexibility index (Phi) is 5.03. The van der Waals surface area contributed by atoms with Crippen LogP contribution >= 0.6 is 15.9 Å². The zero-order valence-corrected chi connectivity index (χ0v) is 12.1. The fraction of sp³-hybridized carbons (Fsp3) is 0.571. The zero-order chi connectivity index (χ0) is 12.8. The predicted octanol–water partition coefficient (Wildman–Crippen LogP) is 2.72. The van der Waals surface area contributed by atoms with Crippen LogP contribution in [0.15, 0.2) is 28.7 Å². The van der Waals surface area contributed by atoms with E-state index >= 15 is 0 Å². The predicted molar refractivity (Wildman–Crippen MR) is 75.9 cm³/mol. The second-order valence-corrected chi connectivity index (χ2v) is 5.83. The van der Waals surface area contributed by atoms with E-state index in [1.54, 1.807) is 0 Å². The molecule has 0 heterocycles. The number of hydrogen-bond acceptors (Lipinski definition) is 3. The van der Waals surface area contributed by atoms with Gasteiger partial charge in [-0.15, -0.1) is 0 Å². The maximum absolute atomic E-state index is 10.1. The summed E-state index contributed by atoms with van der Waals surface area (Å²) in [5, 5.41) is 13.4. The monoisotopic (exact) mass is 313 g/mol. The van der Waals surface area contributed by atoms with Gasteiger partial charge in [0.05, 0.1) is 5.60 Å². The standard InChI is InChI=1S/C14H20BrNO2/c15-12-3-5-13(6-4-12)18-10-9-16-11-14(17)7-1-2-8-14/h3-6,16-17H,1-2,7-11H2. The van der Waals surface area contributed by atoms with Gasteiger partial charge in [-0.2, -0.15) is 0 Å². The lowest BCUT2D eigenvalue weighted by molar-refractivity contribution is 0.0471. The minimum atomic E-state index is -0.475. The third-order valence-corrected chi connectivity index (χ3v) is 3.88. The summed E-state index contributed by atoms with van der Waals surface area (Å²) in [7, 11) is 0. The summed E-state index contributed by atoms with van der Waals surface area (Å²) >= 11 is 3.39. The third kappa shape index (κ3) is 4.26. The molecular formula is C14H20BrNO2. The highest BCUT2D eigenvalue weighted by atomic mass is 79.9. The molecule has 1 aliphatic carbocycles. The highest BCUT2D eigenvalue weighted by Crippen LogP contribution is 2.28. The van der Waals surface area contributed by atoms with Gasteiger partial charge in [0.1, 0.15) is 12.4 Å². The van der Waals surface area contributed by atoms with Crippen molar-refractivity contribution < 1.29 is 9.84 Å². The van der Waals surface area contributed by atoms with Crippen LogP contribution in [0.1, 0.15) is 25.7 Å². The van der Waals surface area contributed by atoms with Crippen molar-refractivity contribution in [2.75, 3.05) is 19.7 Å². The molecule has 1 aliphatic rings. The first-order valence-electron chi connectivity index (χ1n) is 6.49. The van der Waals surface area contributed by atoms with E-state index in [4.69, 9.17) is 4.74 Å². The Hall–Kier alpha value is -0.580. The Bertz CT molecular complexity index is 361. The molecule has 4 heteroatoms. The molecule has 1 saturated carbocycles. The number of aliphatic hydroxyl groups is 1. The molecule has 0 aliphatic heterocycles. The van der Waals surface area contributed by atoms with Crippen molar-refractivity contribution in [3.8, 4) is 5.75 Å². The Morgan fingerprint density at radius 2 is 1.89 bits per heavy atom. The Balaban J connectivity index is 1.60. The van der Waals surface area contributed by atoms with E-state index in [1.807, 2.05) is 24.3 Å². The van der Waals surface area contributed by atoms with Crippen LogP contribution in [0.2, 0.25) is 0 Å². The summed E-state index contributed by atoms with van der Waals surface area (Å²) in [5.74, 6) is 0.875. The summed E-state index contributed by atoms with van der Waals surface area (Å²) in [5.41, 5.74) is -0.475.